The first-order chi connectivity index (χ1) is 9.77. The zero-order valence-corrected chi connectivity index (χ0v) is 11.4. The number of hydrogen-bond donors (Lipinski definition) is 1. The molecule has 112 valence electrons. The fourth-order valence-electron chi connectivity index (χ4n) is 2.30. The number of halogens is 3. The van der Waals surface area contributed by atoms with Gasteiger partial charge in [0.2, 0.25) is 0 Å². The van der Waals surface area contributed by atoms with Crippen molar-refractivity contribution in [2.45, 2.75) is 18.8 Å². The Morgan fingerprint density at radius 3 is 2.67 bits per heavy atom. The van der Waals surface area contributed by atoms with E-state index in [-0.39, 0.29) is 28.7 Å². The van der Waals surface area contributed by atoms with Crippen LogP contribution in [0.3, 0.4) is 0 Å². The van der Waals surface area contributed by atoms with Crippen molar-refractivity contribution in [2.75, 3.05) is 7.05 Å². The summed E-state index contributed by atoms with van der Waals surface area (Å²) in [5.41, 5.74) is 0.417. The maximum atomic E-state index is 13.0. The molecule has 0 amide bonds. The number of benzene rings is 1. The lowest BCUT2D eigenvalue weighted by Crippen LogP contribution is -2.25. The Kier molecular flexibility index (Phi) is 2.94. The smallest absolute Gasteiger partial charge is 0.477 e. The molecule has 2 heterocycles. The number of rotatable bonds is 2. The highest BCUT2D eigenvalue weighted by molar-refractivity contribution is 6.36. The van der Waals surface area contributed by atoms with Gasteiger partial charge in [-0.2, -0.15) is 5.10 Å². The molecule has 0 radical (unpaired) electrons. The van der Waals surface area contributed by atoms with Gasteiger partial charge >= 0.3 is 12.3 Å². The van der Waals surface area contributed by atoms with Gasteiger partial charge in [0.15, 0.2) is 11.5 Å². The normalized spacial score (nSPS) is 22.4. The van der Waals surface area contributed by atoms with Crippen molar-refractivity contribution < 1.29 is 28.2 Å². The van der Waals surface area contributed by atoms with E-state index in [1.165, 1.54) is 17.1 Å². The fraction of sp³-hybridized carbons (Fsp3) is 0.333. The van der Waals surface area contributed by atoms with Crippen LogP contribution in [-0.2, 0) is 4.79 Å². The van der Waals surface area contributed by atoms with Gasteiger partial charge in [-0.05, 0) is 11.6 Å². The molecule has 0 spiro atoms. The summed E-state index contributed by atoms with van der Waals surface area (Å²) in [6.45, 7) is 0. The Morgan fingerprint density at radius 1 is 1.48 bits per heavy atom. The molecule has 0 aliphatic carbocycles. The highest BCUT2D eigenvalue weighted by Gasteiger charge is 2.44. The Balaban J connectivity index is 1.94. The van der Waals surface area contributed by atoms with E-state index in [1.54, 1.807) is 7.05 Å². The van der Waals surface area contributed by atoms with Crippen molar-refractivity contribution in [1.82, 2.24) is 5.01 Å². The molecule has 0 bridgehead atoms. The van der Waals surface area contributed by atoms with Gasteiger partial charge in [0, 0.05) is 24.6 Å². The number of hydrazone groups is 1. The fourth-order valence-corrected chi connectivity index (χ4v) is 2.58. The third-order valence-electron chi connectivity index (χ3n) is 3.24. The molecule has 1 unspecified atom stereocenters. The molecule has 0 saturated carbocycles. The van der Waals surface area contributed by atoms with Crippen LogP contribution in [0, 0.1) is 0 Å². The first-order valence-corrected chi connectivity index (χ1v) is 6.27. The molecule has 3 rings (SSSR count). The molecule has 0 saturated heterocycles. The standard InChI is InChI=1S/C12H9ClF2N2O4/c1-17-8(4-7(16-17)11(18)19)5-2-9-10(3-6(5)13)21-12(14,15)20-9/h2-3,8H,4H2,1H3,(H,18,19). The number of carbonyl (C=O) groups is 1. The zero-order chi connectivity index (χ0) is 15.4. The summed E-state index contributed by atoms with van der Waals surface area (Å²) in [7, 11) is 1.58. The third-order valence-corrected chi connectivity index (χ3v) is 3.57. The summed E-state index contributed by atoms with van der Waals surface area (Å²) in [6.07, 6.45) is -3.61. The lowest BCUT2D eigenvalue weighted by molar-refractivity contribution is -0.286. The number of carboxylic acids is 1. The maximum absolute atomic E-state index is 13.0. The number of ether oxygens (including phenoxy) is 2. The van der Waals surface area contributed by atoms with Crippen LogP contribution in [0.15, 0.2) is 17.2 Å². The van der Waals surface area contributed by atoms with Gasteiger partial charge in [-0.3, -0.25) is 5.01 Å². The van der Waals surface area contributed by atoms with Gasteiger partial charge in [0.25, 0.3) is 0 Å². The average molecular weight is 319 g/mol. The van der Waals surface area contributed by atoms with Crippen LogP contribution < -0.4 is 9.47 Å². The van der Waals surface area contributed by atoms with Gasteiger partial charge in [0.1, 0.15) is 5.71 Å². The van der Waals surface area contributed by atoms with E-state index in [2.05, 4.69) is 14.6 Å². The number of nitrogens with zero attached hydrogens (tertiary/aromatic N) is 2. The Bertz CT molecular complexity index is 665. The SMILES string of the molecule is CN1N=C(C(=O)O)CC1c1cc2c(cc1Cl)OC(F)(F)O2. The molecular weight excluding hydrogens is 310 g/mol. The lowest BCUT2D eigenvalue weighted by Gasteiger charge is -2.20. The molecule has 2 aliphatic heterocycles. The highest BCUT2D eigenvalue weighted by atomic mass is 35.5. The molecule has 9 heteroatoms. The van der Waals surface area contributed by atoms with Gasteiger partial charge in [-0.1, -0.05) is 11.6 Å². The Morgan fingerprint density at radius 2 is 2.10 bits per heavy atom. The number of alkyl halides is 2. The van der Waals surface area contributed by atoms with Crippen molar-refractivity contribution >= 4 is 23.3 Å². The number of hydrogen-bond acceptors (Lipinski definition) is 5. The minimum Gasteiger partial charge on any atom is -0.477 e. The molecule has 1 aromatic carbocycles. The minimum absolute atomic E-state index is 0.0263. The minimum atomic E-state index is -3.73. The number of aliphatic carboxylic acids is 1. The van der Waals surface area contributed by atoms with Crippen molar-refractivity contribution in [2.24, 2.45) is 5.10 Å². The van der Waals surface area contributed by atoms with Gasteiger partial charge in [0.05, 0.1) is 6.04 Å². The third kappa shape index (κ3) is 2.35. The molecule has 1 atom stereocenters. The van der Waals surface area contributed by atoms with Crippen molar-refractivity contribution in [1.29, 1.82) is 0 Å². The molecule has 6 nitrogen and oxygen atoms in total. The number of carboxylic acid groups (broad SMARTS) is 1. The van der Waals surface area contributed by atoms with E-state index in [4.69, 9.17) is 16.7 Å². The van der Waals surface area contributed by atoms with Crippen LogP contribution in [0.25, 0.3) is 0 Å². The predicted molar refractivity (Wildman–Crippen MR) is 67.8 cm³/mol. The zero-order valence-electron chi connectivity index (χ0n) is 10.6. The van der Waals surface area contributed by atoms with Crippen molar-refractivity contribution in [3.8, 4) is 11.5 Å². The molecule has 0 fully saturated rings. The number of fused-ring (bicyclic) bond motifs is 1. The second kappa shape index (κ2) is 4.45. The van der Waals surface area contributed by atoms with E-state index in [0.717, 1.165) is 0 Å². The van der Waals surface area contributed by atoms with E-state index < -0.39 is 18.3 Å². The second-order valence-electron chi connectivity index (χ2n) is 4.63. The summed E-state index contributed by atoms with van der Waals surface area (Å²) in [5.74, 6) is -1.43. The van der Waals surface area contributed by atoms with Crippen LogP contribution in [0.5, 0.6) is 11.5 Å². The summed E-state index contributed by atoms with van der Waals surface area (Å²) in [5, 5.41) is 14.4. The van der Waals surface area contributed by atoms with E-state index in [0.29, 0.717) is 5.56 Å². The summed E-state index contributed by atoms with van der Waals surface area (Å²) in [6, 6.07) is 2.08. The molecule has 21 heavy (non-hydrogen) atoms. The Labute approximate surface area is 122 Å². The largest absolute Gasteiger partial charge is 0.586 e. The maximum Gasteiger partial charge on any atom is 0.586 e. The highest BCUT2D eigenvalue weighted by Crippen LogP contribution is 2.46. The summed E-state index contributed by atoms with van der Waals surface area (Å²) in [4.78, 5) is 10.9. The summed E-state index contributed by atoms with van der Waals surface area (Å²) >= 11 is 6.07. The van der Waals surface area contributed by atoms with E-state index in [9.17, 15) is 13.6 Å². The van der Waals surface area contributed by atoms with Crippen LogP contribution in [0.4, 0.5) is 8.78 Å². The molecular formula is C12H9ClF2N2O4. The van der Waals surface area contributed by atoms with Crippen LogP contribution in [-0.4, -0.2) is 35.1 Å². The van der Waals surface area contributed by atoms with Crippen LogP contribution in [0.2, 0.25) is 5.02 Å². The quantitative estimate of drug-likeness (QED) is 0.907. The molecule has 0 aromatic heterocycles. The average Bonchev–Trinajstić information content (AvgIpc) is 2.87. The van der Waals surface area contributed by atoms with Crippen LogP contribution >= 0.6 is 11.6 Å². The lowest BCUT2D eigenvalue weighted by atomic mass is 10.0. The molecule has 1 aromatic rings. The summed E-state index contributed by atoms with van der Waals surface area (Å²) < 4.78 is 34.7. The molecule has 2 aliphatic rings. The Hall–Kier alpha value is -2.09. The monoisotopic (exact) mass is 318 g/mol. The van der Waals surface area contributed by atoms with E-state index >= 15 is 0 Å². The van der Waals surface area contributed by atoms with Gasteiger partial charge in [-0.15, -0.1) is 8.78 Å². The van der Waals surface area contributed by atoms with Gasteiger partial charge < -0.3 is 14.6 Å². The van der Waals surface area contributed by atoms with Gasteiger partial charge in [-0.25, -0.2) is 4.79 Å². The second-order valence-corrected chi connectivity index (χ2v) is 5.04. The predicted octanol–water partition coefficient (Wildman–Crippen LogP) is 2.48. The van der Waals surface area contributed by atoms with E-state index in [1.807, 2.05) is 0 Å². The molecule has 1 N–H and O–H groups in total. The first-order valence-electron chi connectivity index (χ1n) is 5.90. The van der Waals surface area contributed by atoms with Crippen molar-refractivity contribution in [3.63, 3.8) is 0 Å². The first kappa shape index (κ1) is 13.9. The van der Waals surface area contributed by atoms with Crippen LogP contribution in [0.1, 0.15) is 18.0 Å². The topological polar surface area (TPSA) is 71.4 Å². The van der Waals surface area contributed by atoms with Crippen molar-refractivity contribution in [3.05, 3.63) is 22.7 Å².